The number of nitrogens with zero attached hydrogens (tertiary/aromatic N) is 1. The summed E-state index contributed by atoms with van der Waals surface area (Å²) in [7, 11) is 0. The van der Waals surface area contributed by atoms with Gasteiger partial charge < -0.3 is 5.73 Å². The molecule has 0 bridgehead atoms. The average Bonchev–Trinajstić information content (AvgIpc) is 2.57. The molecule has 23 heavy (non-hydrogen) atoms. The van der Waals surface area contributed by atoms with Crippen LogP contribution in [0.3, 0.4) is 0 Å². The lowest BCUT2D eigenvalue weighted by atomic mass is 10.1. The molecule has 4 aromatic rings. The molecule has 0 aliphatic rings. The Labute approximate surface area is 139 Å². The van der Waals surface area contributed by atoms with E-state index in [1.807, 2.05) is 19.1 Å². The fraction of sp³-hybridized carbons (Fsp3) is 0.0500. The van der Waals surface area contributed by atoms with Gasteiger partial charge in [-0.05, 0) is 42.6 Å². The van der Waals surface area contributed by atoms with E-state index in [1.54, 1.807) is 11.8 Å². The number of nitrogens with two attached hydrogens (primary N) is 1. The largest absolute Gasteiger partial charge is 0.399 e. The quantitative estimate of drug-likeness (QED) is 0.396. The summed E-state index contributed by atoms with van der Waals surface area (Å²) in [5.41, 5.74) is 8.67. The molecule has 2 N–H and O–H groups in total. The van der Waals surface area contributed by atoms with Gasteiger partial charge >= 0.3 is 0 Å². The van der Waals surface area contributed by atoms with Crippen LogP contribution in [-0.2, 0) is 0 Å². The summed E-state index contributed by atoms with van der Waals surface area (Å²) in [6.45, 7) is 2.05. The van der Waals surface area contributed by atoms with E-state index >= 15 is 0 Å². The van der Waals surface area contributed by atoms with Crippen LogP contribution in [0.4, 0.5) is 5.69 Å². The Kier molecular flexibility index (Phi) is 3.43. The summed E-state index contributed by atoms with van der Waals surface area (Å²) in [5.74, 6) is 0. The van der Waals surface area contributed by atoms with Crippen LogP contribution < -0.4 is 5.73 Å². The number of fused-ring (bicyclic) bond motifs is 3. The maximum Gasteiger partial charge on any atom is 0.0794 e. The Balaban J connectivity index is 1.92. The van der Waals surface area contributed by atoms with Gasteiger partial charge in [-0.1, -0.05) is 48.2 Å². The van der Waals surface area contributed by atoms with Gasteiger partial charge in [0.15, 0.2) is 0 Å². The molecule has 3 aromatic carbocycles. The predicted octanol–water partition coefficient (Wildman–Crippen LogP) is 5.43. The highest BCUT2D eigenvalue weighted by molar-refractivity contribution is 7.99. The zero-order valence-corrected chi connectivity index (χ0v) is 13.6. The lowest BCUT2D eigenvalue weighted by Gasteiger charge is -2.10. The van der Waals surface area contributed by atoms with E-state index in [1.165, 1.54) is 25.9 Å². The molecule has 0 radical (unpaired) electrons. The van der Waals surface area contributed by atoms with Crippen molar-refractivity contribution in [3.8, 4) is 0 Å². The van der Waals surface area contributed by atoms with Crippen molar-refractivity contribution in [1.82, 2.24) is 4.98 Å². The third-order valence-corrected chi connectivity index (χ3v) is 4.97. The van der Waals surface area contributed by atoms with E-state index < -0.39 is 0 Å². The number of anilines is 1. The zero-order chi connectivity index (χ0) is 15.8. The highest BCUT2D eigenvalue weighted by Crippen LogP contribution is 2.36. The molecule has 0 amide bonds. The van der Waals surface area contributed by atoms with Crippen molar-refractivity contribution in [3.05, 3.63) is 72.4 Å². The molecule has 0 unspecified atom stereocenters. The van der Waals surface area contributed by atoms with Crippen molar-refractivity contribution in [1.29, 1.82) is 0 Å². The van der Waals surface area contributed by atoms with Gasteiger partial charge in [0.25, 0.3) is 0 Å². The molecule has 0 aliphatic heterocycles. The second kappa shape index (κ2) is 5.60. The molecule has 4 rings (SSSR count). The van der Waals surface area contributed by atoms with E-state index in [9.17, 15) is 0 Å². The zero-order valence-electron chi connectivity index (χ0n) is 12.8. The molecule has 1 heterocycles. The number of rotatable bonds is 2. The Bertz CT molecular complexity index is 1010. The number of pyridine rings is 1. The SMILES string of the molecule is Cc1cc(Sc2ccc(N)cc2)c2ccc3ccccc3c2n1. The molecule has 0 spiro atoms. The molecule has 0 atom stereocenters. The van der Waals surface area contributed by atoms with Crippen molar-refractivity contribution in [3.63, 3.8) is 0 Å². The van der Waals surface area contributed by atoms with Crippen molar-refractivity contribution < 1.29 is 0 Å². The van der Waals surface area contributed by atoms with Gasteiger partial charge in [-0.25, -0.2) is 0 Å². The molecular formula is C20H16N2S. The monoisotopic (exact) mass is 316 g/mol. The van der Waals surface area contributed by atoms with Crippen LogP contribution >= 0.6 is 11.8 Å². The third kappa shape index (κ3) is 2.64. The van der Waals surface area contributed by atoms with E-state index in [2.05, 4.69) is 54.6 Å². The number of hydrogen-bond acceptors (Lipinski definition) is 3. The molecule has 0 saturated heterocycles. The third-order valence-electron chi connectivity index (χ3n) is 3.90. The highest BCUT2D eigenvalue weighted by atomic mass is 32.2. The van der Waals surface area contributed by atoms with Gasteiger partial charge in [-0.2, -0.15) is 0 Å². The number of aryl methyl sites for hydroxylation is 1. The van der Waals surface area contributed by atoms with Crippen LogP contribution in [0.15, 0.2) is 76.5 Å². The molecular weight excluding hydrogens is 300 g/mol. The summed E-state index contributed by atoms with van der Waals surface area (Å²) < 4.78 is 0. The Hall–Kier alpha value is -2.52. The summed E-state index contributed by atoms with van der Waals surface area (Å²) in [6, 6.07) is 22.9. The van der Waals surface area contributed by atoms with E-state index in [0.717, 1.165) is 16.9 Å². The molecule has 0 aliphatic carbocycles. The van der Waals surface area contributed by atoms with Crippen LogP contribution in [0.25, 0.3) is 21.7 Å². The Morgan fingerprint density at radius 2 is 1.65 bits per heavy atom. The lowest BCUT2D eigenvalue weighted by molar-refractivity contribution is 1.22. The minimum atomic E-state index is 0.788. The average molecular weight is 316 g/mol. The van der Waals surface area contributed by atoms with Crippen LogP contribution in [0.5, 0.6) is 0 Å². The molecule has 112 valence electrons. The minimum absolute atomic E-state index is 0.788. The first kappa shape index (κ1) is 14.1. The maximum absolute atomic E-state index is 5.78. The Morgan fingerprint density at radius 3 is 2.48 bits per heavy atom. The van der Waals surface area contributed by atoms with Crippen molar-refractivity contribution in [2.45, 2.75) is 16.7 Å². The van der Waals surface area contributed by atoms with Gasteiger partial charge in [0.1, 0.15) is 0 Å². The first-order valence-electron chi connectivity index (χ1n) is 7.53. The number of aromatic nitrogens is 1. The minimum Gasteiger partial charge on any atom is -0.399 e. The molecule has 0 fully saturated rings. The van der Waals surface area contributed by atoms with Crippen molar-refractivity contribution in [2.24, 2.45) is 0 Å². The topological polar surface area (TPSA) is 38.9 Å². The van der Waals surface area contributed by atoms with Crippen molar-refractivity contribution in [2.75, 3.05) is 5.73 Å². The van der Waals surface area contributed by atoms with Gasteiger partial charge in [0.2, 0.25) is 0 Å². The second-order valence-electron chi connectivity index (χ2n) is 5.62. The maximum atomic E-state index is 5.78. The van der Waals surface area contributed by atoms with Crippen LogP contribution in [0, 0.1) is 6.92 Å². The fourth-order valence-electron chi connectivity index (χ4n) is 2.80. The fourth-order valence-corrected chi connectivity index (χ4v) is 3.83. The van der Waals surface area contributed by atoms with Gasteiger partial charge in [0, 0.05) is 31.9 Å². The standard InChI is InChI=1S/C20H16N2S/c1-13-12-19(23-16-9-7-15(21)8-10-16)18-11-6-14-4-2-3-5-17(14)20(18)22-13/h2-12H,21H2,1H3. The van der Waals surface area contributed by atoms with Gasteiger partial charge in [-0.15, -0.1) is 0 Å². The highest BCUT2D eigenvalue weighted by Gasteiger charge is 2.09. The number of nitrogen functional groups attached to an aromatic ring is 1. The molecule has 1 aromatic heterocycles. The van der Waals surface area contributed by atoms with Crippen LogP contribution in [0.1, 0.15) is 5.69 Å². The molecule has 2 nitrogen and oxygen atoms in total. The second-order valence-corrected chi connectivity index (χ2v) is 6.73. The molecule has 3 heteroatoms. The summed E-state index contributed by atoms with van der Waals surface area (Å²) >= 11 is 1.75. The summed E-state index contributed by atoms with van der Waals surface area (Å²) in [4.78, 5) is 7.19. The summed E-state index contributed by atoms with van der Waals surface area (Å²) in [5, 5.41) is 3.62. The Morgan fingerprint density at radius 1 is 0.870 bits per heavy atom. The van der Waals surface area contributed by atoms with E-state index in [-0.39, 0.29) is 0 Å². The first-order valence-corrected chi connectivity index (χ1v) is 8.35. The van der Waals surface area contributed by atoms with E-state index in [4.69, 9.17) is 10.7 Å². The smallest absolute Gasteiger partial charge is 0.0794 e. The summed E-state index contributed by atoms with van der Waals surface area (Å²) in [6.07, 6.45) is 0. The van der Waals surface area contributed by atoms with E-state index in [0.29, 0.717) is 0 Å². The van der Waals surface area contributed by atoms with Crippen molar-refractivity contribution >= 4 is 39.1 Å². The number of benzene rings is 3. The lowest BCUT2D eigenvalue weighted by Crippen LogP contribution is -1.89. The number of hydrogen-bond donors (Lipinski definition) is 1. The van der Waals surface area contributed by atoms with Crippen LogP contribution in [0.2, 0.25) is 0 Å². The molecule has 0 saturated carbocycles. The predicted molar refractivity (Wildman–Crippen MR) is 99.0 cm³/mol. The normalized spacial score (nSPS) is 11.2. The van der Waals surface area contributed by atoms with Crippen LogP contribution in [-0.4, -0.2) is 4.98 Å². The first-order chi connectivity index (χ1) is 11.2. The van der Waals surface area contributed by atoms with Gasteiger partial charge in [0.05, 0.1) is 5.52 Å². The van der Waals surface area contributed by atoms with Gasteiger partial charge in [-0.3, -0.25) is 4.98 Å².